The van der Waals surface area contributed by atoms with E-state index in [1.807, 2.05) is 12.1 Å². The molecular formula is C19H17NO4. The van der Waals surface area contributed by atoms with Crippen molar-refractivity contribution in [3.63, 3.8) is 0 Å². The van der Waals surface area contributed by atoms with E-state index >= 15 is 0 Å². The number of carbonyl (C=O) groups excluding carboxylic acids is 2. The first kappa shape index (κ1) is 17.2. The lowest BCUT2D eigenvalue weighted by molar-refractivity contribution is -0.124. The van der Waals surface area contributed by atoms with Crippen LogP contribution in [-0.2, 0) is 4.79 Å². The lowest BCUT2D eigenvalue weighted by Gasteiger charge is -2.01. The molecule has 0 aliphatic rings. The maximum Gasteiger partial charge on any atom is 0.267 e. The van der Waals surface area contributed by atoms with Crippen LogP contribution in [0, 0.1) is 0 Å². The van der Waals surface area contributed by atoms with Gasteiger partial charge < -0.3 is 4.74 Å². The molecule has 0 saturated heterocycles. The Hall–Kier alpha value is -3.18. The summed E-state index contributed by atoms with van der Waals surface area (Å²) >= 11 is 0. The number of hydrogen-bond acceptors (Lipinski definition) is 4. The molecule has 0 radical (unpaired) electrons. The highest BCUT2D eigenvalue weighted by molar-refractivity contribution is 6.07. The van der Waals surface area contributed by atoms with Crippen LogP contribution >= 0.6 is 0 Å². The van der Waals surface area contributed by atoms with E-state index < -0.39 is 5.91 Å². The van der Waals surface area contributed by atoms with Crippen LogP contribution in [0.4, 0.5) is 0 Å². The van der Waals surface area contributed by atoms with Gasteiger partial charge in [0.05, 0.1) is 7.11 Å². The van der Waals surface area contributed by atoms with Crippen LogP contribution in [0.2, 0.25) is 0 Å². The van der Waals surface area contributed by atoms with Gasteiger partial charge in [-0.2, -0.15) is 0 Å². The van der Waals surface area contributed by atoms with Gasteiger partial charge in [0.1, 0.15) is 5.75 Å². The number of nitrogens with one attached hydrogen (secondary N) is 1. The molecule has 24 heavy (non-hydrogen) atoms. The SMILES string of the molecule is COc1cccc(C(=O)C=Cc2ccc(C=CC(=O)NO)cc2)c1. The van der Waals surface area contributed by atoms with E-state index in [4.69, 9.17) is 9.94 Å². The summed E-state index contributed by atoms with van der Waals surface area (Å²) in [6, 6.07) is 14.2. The summed E-state index contributed by atoms with van der Waals surface area (Å²) in [5.41, 5.74) is 3.73. The second-order valence-electron chi connectivity index (χ2n) is 4.91. The standard InChI is InChI=1S/C19H17NO4/c1-24-17-4-2-3-16(13-17)18(21)11-9-14-5-7-15(8-6-14)10-12-19(22)20-23/h2-13,23H,1H3,(H,20,22). The molecule has 122 valence electrons. The lowest BCUT2D eigenvalue weighted by atomic mass is 10.1. The molecule has 0 atom stereocenters. The molecule has 0 aromatic heterocycles. The predicted molar refractivity (Wildman–Crippen MR) is 91.8 cm³/mol. The molecule has 0 unspecified atom stereocenters. The third-order valence-electron chi connectivity index (χ3n) is 3.26. The van der Waals surface area contributed by atoms with Gasteiger partial charge in [0.15, 0.2) is 5.78 Å². The number of benzene rings is 2. The minimum Gasteiger partial charge on any atom is -0.497 e. The van der Waals surface area contributed by atoms with E-state index in [0.29, 0.717) is 11.3 Å². The number of allylic oxidation sites excluding steroid dienone is 1. The van der Waals surface area contributed by atoms with Crippen molar-refractivity contribution in [1.82, 2.24) is 5.48 Å². The second kappa shape index (κ2) is 8.45. The summed E-state index contributed by atoms with van der Waals surface area (Å²) in [5.74, 6) is -0.0716. The summed E-state index contributed by atoms with van der Waals surface area (Å²) in [4.78, 5) is 23.0. The molecule has 5 nitrogen and oxygen atoms in total. The summed E-state index contributed by atoms with van der Waals surface area (Å²) < 4.78 is 5.10. The maximum atomic E-state index is 12.1. The quantitative estimate of drug-likeness (QED) is 0.371. The monoisotopic (exact) mass is 323 g/mol. The van der Waals surface area contributed by atoms with Crippen molar-refractivity contribution < 1.29 is 19.5 Å². The molecule has 2 aromatic rings. The van der Waals surface area contributed by atoms with Gasteiger partial charge in [-0.05, 0) is 35.4 Å². The maximum absolute atomic E-state index is 12.1. The zero-order valence-electron chi connectivity index (χ0n) is 13.1. The van der Waals surface area contributed by atoms with Gasteiger partial charge in [0, 0.05) is 11.6 Å². The first-order valence-electron chi connectivity index (χ1n) is 7.21. The number of ether oxygens (including phenoxy) is 1. The summed E-state index contributed by atoms with van der Waals surface area (Å²) in [5, 5.41) is 8.41. The van der Waals surface area contributed by atoms with Crippen molar-refractivity contribution in [3.05, 3.63) is 77.4 Å². The number of ketones is 1. The van der Waals surface area contributed by atoms with Crippen LogP contribution in [0.1, 0.15) is 21.5 Å². The Morgan fingerprint density at radius 3 is 2.21 bits per heavy atom. The number of hydroxylamine groups is 1. The molecule has 0 fully saturated rings. The Morgan fingerprint density at radius 1 is 1.00 bits per heavy atom. The van der Waals surface area contributed by atoms with Gasteiger partial charge in [0.2, 0.25) is 0 Å². The third kappa shape index (κ3) is 4.93. The van der Waals surface area contributed by atoms with E-state index in [1.54, 1.807) is 55.7 Å². The number of hydrogen-bond donors (Lipinski definition) is 2. The van der Waals surface area contributed by atoms with Crippen LogP contribution < -0.4 is 10.2 Å². The van der Waals surface area contributed by atoms with Gasteiger partial charge in [-0.3, -0.25) is 14.8 Å². The van der Waals surface area contributed by atoms with E-state index in [1.165, 1.54) is 17.6 Å². The van der Waals surface area contributed by atoms with Crippen molar-refractivity contribution in [2.24, 2.45) is 0 Å². The predicted octanol–water partition coefficient (Wildman–Crippen LogP) is 3.11. The third-order valence-corrected chi connectivity index (χ3v) is 3.26. The number of carbonyl (C=O) groups is 2. The molecule has 2 rings (SSSR count). The second-order valence-corrected chi connectivity index (χ2v) is 4.91. The van der Waals surface area contributed by atoms with Gasteiger partial charge in [-0.15, -0.1) is 0 Å². The molecule has 5 heteroatoms. The first-order chi connectivity index (χ1) is 11.6. The fourth-order valence-electron chi connectivity index (χ4n) is 1.97. The molecular weight excluding hydrogens is 306 g/mol. The summed E-state index contributed by atoms with van der Waals surface area (Å²) in [6.45, 7) is 0. The average molecular weight is 323 g/mol. The Balaban J connectivity index is 2.04. The van der Waals surface area contributed by atoms with Crippen LogP contribution in [0.3, 0.4) is 0 Å². The zero-order chi connectivity index (χ0) is 17.4. The first-order valence-corrected chi connectivity index (χ1v) is 7.21. The average Bonchev–Trinajstić information content (AvgIpc) is 2.64. The van der Waals surface area contributed by atoms with E-state index in [9.17, 15) is 9.59 Å². The Labute approximate surface area is 139 Å². The van der Waals surface area contributed by atoms with Crippen molar-refractivity contribution in [2.45, 2.75) is 0 Å². The van der Waals surface area contributed by atoms with Gasteiger partial charge >= 0.3 is 0 Å². The highest BCUT2D eigenvalue weighted by atomic mass is 16.5. The van der Waals surface area contributed by atoms with Crippen molar-refractivity contribution in [3.8, 4) is 5.75 Å². The summed E-state index contributed by atoms with van der Waals surface area (Å²) in [6.07, 6.45) is 6.01. The molecule has 0 saturated carbocycles. The fourth-order valence-corrected chi connectivity index (χ4v) is 1.97. The van der Waals surface area contributed by atoms with Crippen molar-refractivity contribution >= 4 is 23.8 Å². The minimum absolute atomic E-state index is 0.113. The van der Waals surface area contributed by atoms with Crippen molar-refractivity contribution in [2.75, 3.05) is 7.11 Å². The smallest absolute Gasteiger partial charge is 0.267 e. The van der Waals surface area contributed by atoms with Crippen LogP contribution in [0.5, 0.6) is 5.75 Å². The molecule has 0 heterocycles. The van der Waals surface area contributed by atoms with Crippen molar-refractivity contribution in [1.29, 1.82) is 0 Å². The fraction of sp³-hybridized carbons (Fsp3) is 0.0526. The lowest BCUT2D eigenvalue weighted by Crippen LogP contribution is -2.14. The Bertz CT molecular complexity index is 776. The van der Waals surface area contributed by atoms with E-state index in [-0.39, 0.29) is 5.78 Å². The number of rotatable bonds is 6. The molecule has 2 aromatic carbocycles. The van der Waals surface area contributed by atoms with Crippen LogP contribution in [-0.4, -0.2) is 24.0 Å². The highest BCUT2D eigenvalue weighted by Gasteiger charge is 2.02. The zero-order valence-corrected chi connectivity index (χ0v) is 13.1. The molecule has 0 aliphatic carbocycles. The highest BCUT2D eigenvalue weighted by Crippen LogP contribution is 2.14. The van der Waals surface area contributed by atoms with Crippen LogP contribution in [0.15, 0.2) is 60.7 Å². The van der Waals surface area contributed by atoms with E-state index in [2.05, 4.69) is 0 Å². The van der Waals surface area contributed by atoms with Gasteiger partial charge in [-0.25, -0.2) is 5.48 Å². The Kier molecular flexibility index (Phi) is 6.05. The molecule has 0 aliphatic heterocycles. The number of amides is 1. The van der Waals surface area contributed by atoms with Gasteiger partial charge in [0.25, 0.3) is 5.91 Å². The van der Waals surface area contributed by atoms with E-state index in [0.717, 1.165) is 11.1 Å². The summed E-state index contributed by atoms with van der Waals surface area (Å²) in [7, 11) is 1.56. The Morgan fingerprint density at radius 2 is 1.62 bits per heavy atom. The minimum atomic E-state index is -0.595. The number of methoxy groups -OCH3 is 1. The molecule has 2 N–H and O–H groups in total. The molecule has 0 spiro atoms. The molecule has 0 bridgehead atoms. The topological polar surface area (TPSA) is 75.6 Å². The largest absolute Gasteiger partial charge is 0.497 e. The molecule has 1 amide bonds. The normalized spacial score (nSPS) is 10.9. The van der Waals surface area contributed by atoms with Crippen LogP contribution in [0.25, 0.3) is 12.2 Å². The van der Waals surface area contributed by atoms with Gasteiger partial charge in [-0.1, -0.05) is 42.5 Å².